The van der Waals surface area contributed by atoms with Crippen molar-refractivity contribution in [1.82, 2.24) is 24.9 Å². The van der Waals surface area contributed by atoms with E-state index in [0.717, 1.165) is 6.54 Å². The lowest BCUT2D eigenvalue weighted by Crippen LogP contribution is -2.56. The zero-order valence-corrected chi connectivity index (χ0v) is 11.2. The minimum Gasteiger partial charge on any atom is -0.464 e. The lowest BCUT2D eigenvalue weighted by Gasteiger charge is -2.35. The molecule has 2 aromatic heterocycles. The van der Waals surface area contributed by atoms with Crippen molar-refractivity contribution in [1.29, 1.82) is 0 Å². The van der Waals surface area contributed by atoms with Crippen molar-refractivity contribution < 1.29 is 9.53 Å². The summed E-state index contributed by atoms with van der Waals surface area (Å²) in [5.41, 5.74) is 0.642. The molecule has 0 bridgehead atoms. The lowest BCUT2D eigenvalue weighted by molar-refractivity contribution is -0.144. The minimum atomic E-state index is -0.390. The van der Waals surface area contributed by atoms with Crippen LogP contribution in [0.3, 0.4) is 0 Å². The molecule has 0 spiro atoms. The maximum atomic E-state index is 12.1. The van der Waals surface area contributed by atoms with Gasteiger partial charge in [0.05, 0.1) is 6.61 Å². The first kappa shape index (κ1) is 12.8. The van der Waals surface area contributed by atoms with Crippen LogP contribution in [0.4, 0.5) is 5.82 Å². The topological polar surface area (TPSA) is 84.7 Å². The van der Waals surface area contributed by atoms with Gasteiger partial charge in [-0.2, -0.15) is 0 Å². The van der Waals surface area contributed by atoms with Crippen LogP contribution < -0.4 is 10.2 Å². The molecule has 1 aliphatic rings. The Labute approximate surface area is 115 Å². The van der Waals surface area contributed by atoms with Crippen LogP contribution in [-0.2, 0) is 9.53 Å². The maximum absolute atomic E-state index is 12.1. The number of carbonyl (C=O) groups excluding carboxylic acids is 1. The van der Waals surface area contributed by atoms with Crippen LogP contribution in [0, 0.1) is 0 Å². The van der Waals surface area contributed by atoms with Gasteiger partial charge in [-0.3, -0.25) is 4.40 Å². The summed E-state index contributed by atoms with van der Waals surface area (Å²) in [7, 11) is 0. The molecule has 3 rings (SSSR count). The molecule has 0 amide bonds. The second-order valence-corrected chi connectivity index (χ2v) is 4.48. The quantitative estimate of drug-likeness (QED) is 0.754. The SMILES string of the molecule is CCOC(=O)C1CNCCN1c1nccn2cnnc12. The number of rotatable bonds is 3. The van der Waals surface area contributed by atoms with Crippen LogP contribution in [0.15, 0.2) is 18.7 Å². The Hall–Kier alpha value is -2.22. The van der Waals surface area contributed by atoms with Gasteiger partial charge in [-0.1, -0.05) is 0 Å². The Kier molecular flexibility index (Phi) is 3.46. The van der Waals surface area contributed by atoms with E-state index in [1.807, 2.05) is 4.90 Å². The van der Waals surface area contributed by atoms with Crippen LogP contribution in [-0.4, -0.2) is 57.8 Å². The van der Waals surface area contributed by atoms with Gasteiger partial charge in [0.15, 0.2) is 5.82 Å². The largest absolute Gasteiger partial charge is 0.464 e. The summed E-state index contributed by atoms with van der Waals surface area (Å²) >= 11 is 0. The number of aromatic nitrogens is 4. The highest BCUT2D eigenvalue weighted by atomic mass is 16.5. The molecule has 106 valence electrons. The van der Waals surface area contributed by atoms with Crippen molar-refractivity contribution in [2.75, 3.05) is 31.1 Å². The van der Waals surface area contributed by atoms with E-state index in [2.05, 4.69) is 20.5 Å². The van der Waals surface area contributed by atoms with Gasteiger partial charge in [0.25, 0.3) is 0 Å². The van der Waals surface area contributed by atoms with E-state index in [9.17, 15) is 4.79 Å². The smallest absolute Gasteiger partial charge is 0.330 e. The number of piperazine rings is 1. The fourth-order valence-corrected chi connectivity index (χ4v) is 2.35. The van der Waals surface area contributed by atoms with E-state index in [-0.39, 0.29) is 12.0 Å². The molecule has 8 nitrogen and oxygen atoms in total. The number of esters is 1. The van der Waals surface area contributed by atoms with Gasteiger partial charge in [0.2, 0.25) is 5.65 Å². The number of fused-ring (bicyclic) bond motifs is 1. The predicted molar refractivity (Wildman–Crippen MR) is 71.4 cm³/mol. The van der Waals surface area contributed by atoms with Gasteiger partial charge in [0.1, 0.15) is 12.4 Å². The Morgan fingerprint density at radius 2 is 2.50 bits per heavy atom. The summed E-state index contributed by atoms with van der Waals surface area (Å²) in [6.07, 6.45) is 5.07. The highest BCUT2D eigenvalue weighted by Gasteiger charge is 2.32. The van der Waals surface area contributed by atoms with E-state index in [1.54, 1.807) is 30.0 Å². The summed E-state index contributed by atoms with van der Waals surface area (Å²) in [5.74, 6) is 0.410. The molecule has 0 radical (unpaired) electrons. The molecule has 1 fully saturated rings. The molecule has 0 saturated carbocycles. The number of hydrogen-bond acceptors (Lipinski definition) is 7. The highest BCUT2D eigenvalue weighted by Crippen LogP contribution is 2.20. The fourth-order valence-electron chi connectivity index (χ4n) is 2.35. The Morgan fingerprint density at radius 1 is 1.60 bits per heavy atom. The number of ether oxygens (including phenoxy) is 1. The van der Waals surface area contributed by atoms with Gasteiger partial charge in [-0.25, -0.2) is 9.78 Å². The van der Waals surface area contributed by atoms with Gasteiger partial charge in [-0.15, -0.1) is 10.2 Å². The van der Waals surface area contributed by atoms with Gasteiger partial charge < -0.3 is 15.0 Å². The van der Waals surface area contributed by atoms with Gasteiger partial charge in [0, 0.05) is 32.0 Å². The molecular formula is C12H16N6O2. The second-order valence-electron chi connectivity index (χ2n) is 4.48. The highest BCUT2D eigenvalue weighted by molar-refractivity contribution is 5.82. The number of nitrogens with zero attached hydrogens (tertiary/aromatic N) is 5. The van der Waals surface area contributed by atoms with E-state index in [0.29, 0.717) is 31.2 Å². The van der Waals surface area contributed by atoms with Gasteiger partial charge in [-0.05, 0) is 6.92 Å². The Balaban J connectivity index is 1.97. The summed E-state index contributed by atoms with van der Waals surface area (Å²) in [6.45, 7) is 4.16. The van der Waals surface area contributed by atoms with Crippen molar-refractivity contribution in [3.63, 3.8) is 0 Å². The first-order chi connectivity index (χ1) is 9.81. The van der Waals surface area contributed by atoms with Crippen LogP contribution in [0.2, 0.25) is 0 Å². The molecule has 1 aliphatic heterocycles. The molecule has 2 aromatic rings. The standard InChI is InChI=1S/C12H16N6O2/c1-2-20-12(19)9-7-13-3-6-18(9)10-11-16-15-8-17(11)5-4-14-10/h4-5,8-9,13H,2-3,6-7H2,1H3. The summed E-state index contributed by atoms with van der Waals surface area (Å²) < 4.78 is 6.92. The summed E-state index contributed by atoms with van der Waals surface area (Å²) in [6, 6.07) is -0.390. The maximum Gasteiger partial charge on any atom is 0.330 e. The van der Waals surface area contributed by atoms with E-state index < -0.39 is 0 Å². The van der Waals surface area contributed by atoms with Crippen molar-refractivity contribution in [3.8, 4) is 0 Å². The number of anilines is 1. The lowest BCUT2D eigenvalue weighted by atomic mass is 10.2. The monoisotopic (exact) mass is 276 g/mol. The molecule has 0 aliphatic carbocycles. The van der Waals surface area contributed by atoms with Crippen LogP contribution >= 0.6 is 0 Å². The third kappa shape index (κ3) is 2.18. The van der Waals surface area contributed by atoms with Crippen LogP contribution in [0.5, 0.6) is 0 Å². The molecule has 1 atom stereocenters. The Morgan fingerprint density at radius 3 is 3.35 bits per heavy atom. The van der Waals surface area contributed by atoms with Crippen molar-refractivity contribution in [2.24, 2.45) is 0 Å². The normalized spacial score (nSPS) is 19.2. The average molecular weight is 276 g/mol. The van der Waals surface area contributed by atoms with Crippen LogP contribution in [0.25, 0.3) is 5.65 Å². The van der Waals surface area contributed by atoms with Crippen LogP contribution in [0.1, 0.15) is 6.92 Å². The third-order valence-corrected chi connectivity index (χ3v) is 3.27. The van der Waals surface area contributed by atoms with E-state index in [1.165, 1.54) is 0 Å². The Bertz CT molecular complexity index is 613. The molecule has 1 N–H and O–H groups in total. The number of carbonyl (C=O) groups is 1. The van der Waals surface area contributed by atoms with Crippen molar-refractivity contribution >= 4 is 17.4 Å². The molecular weight excluding hydrogens is 260 g/mol. The average Bonchev–Trinajstić information content (AvgIpc) is 2.96. The zero-order chi connectivity index (χ0) is 13.9. The molecule has 0 aromatic carbocycles. The van der Waals surface area contributed by atoms with E-state index in [4.69, 9.17) is 4.74 Å². The zero-order valence-electron chi connectivity index (χ0n) is 11.2. The number of nitrogens with one attached hydrogen (secondary N) is 1. The van der Waals surface area contributed by atoms with Gasteiger partial charge >= 0.3 is 5.97 Å². The first-order valence-electron chi connectivity index (χ1n) is 6.59. The summed E-state index contributed by atoms with van der Waals surface area (Å²) in [5, 5.41) is 11.2. The van der Waals surface area contributed by atoms with Crippen molar-refractivity contribution in [2.45, 2.75) is 13.0 Å². The van der Waals surface area contributed by atoms with Crippen molar-refractivity contribution in [3.05, 3.63) is 18.7 Å². The van der Waals surface area contributed by atoms with E-state index >= 15 is 0 Å². The molecule has 8 heteroatoms. The third-order valence-electron chi connectivity index (χ3n) is 3.27. The first-order valence-corrected chi connectivity index (χ1v) is 6.59. The predicted octanol–water partition coefficient (Wildman–Crippen LogP) is -0.534. The molecule has 20 heavy (non-hydrogen) atoms. The molecule has 1 saturated heterocycles. The summed E-state index contributed by atoms with van der Waals surface area (Å²) in [4.78, 5) is 18.4. The fraction of sp³-hybridized carbons (Fsp3) is 0.500. The number of hydrogen-bond donors (Lipinski definition) is 1. The molecule has 1 unspecified atom stereocenters. The minimum absolute atomic E-state index is 0.247. The second kappa shape index (κ2) is 5.41. The molecule has 3 heterocycles.